The van der Waals surface area contributed by atoms with Crippen LogP contribution < -0.4 is 0 Å². The van der Waals surface area contributed by atoms with Crippen molar-refractivity contribution in [2.24, 2.45) is 0 Å². The smallest absolute Gasteiger partial charge is 0.189 e. The van der Waals surface area contributed by atoms with Gasteiger partial charge in [-0.3, -0.25) is 0 Å². The lowest BCUT2D eigenvalue weighted by molar-refractivity contribution is -0.198. The van der Waals surface area contributed by atoms with E-state index >= 15 is 0 Å². The second kappa shape index (κ2) is 11.0. The molecule has 1 heterocycles. The molecule has 5 nitrogen and oxygen atoms in total. The molecule has 1 aliphatic rings. The molecule has 9 heteroatoms. The van der Waals surface area contributed by atoms with Crippen LogP contribution in [-0.4, -0.2) is 42.9 Å². The predicted octanol–water partition coefficient (Wildman–Crippen LogP) is 5.91. The summed E-state index contributed by atoms with van der Waals surface area (Å²) in [6.45, 7) is 2.44. The summed E-state index contributed by atoms with van der Waals surface area (Å²) in [5.41, 5.74) is 0.195. The van der Waals surface area contributed by atoms with Crippen LogP contribution in [0.1, 0.15) is 24.5 Å². The van der Waals surface area contributed by atoms with Crippen LogP contribution in [0.3, 0.4) is 0 Å². The van der Waals surface area contributed by atoms with Gasteiger partial charge >= 0.3 is 0 Å². The van der Waals surface area contributed by atoms with Gasteiger partial charge in [-0.25, -0.2) is 0 Å². The maximum Gasteiger partial charge on any atom is 0.189 e. The number of rotatable bonds is 9. The third-order valence-corrected chi connectivity index (χ3v) is 6.48. The Morgan fingerprint density at radius 3 is 2.06 bits per heavy atom. The first kappa shape index (κ1) is 25.0. The van der Waals surface area contributed by atoms with E-state index in [4.69, 9.17) is 65.4 Å². The van der Waals surface area contributed by atoms with Crippen molar-refractivity contribution in [3.63, 3.8) is 0 Å². The quantitative estimate of drug-likeness (QED) is 0.455. The predicted molar refractivity (Wildman–Crippen MR) is 122 cm³/mol. The monoisotopic (exact) mass is 508 g/mol. The zero-order valence-electron chi connectivity index (χ0n) is 17.1. The van der Waals surface area contributed by atoms with Crippen molar-refractivity contribution in [3.05, 3.63) is 67.6 Å². The SMILES string of the molecule is CC[C@]1(O)[C@@H](OC)O[C@H](COCc2ccc(Cl)cc2Cl)[C@H]1OCc1ccc(Cl)cc1Cl. The summed E-state index contributed by atoms with van der Waals surface area (Å²) in [7, 11) is 1.48. The lowest BCUT2D eigenvalue weighted by Crippen LogP contribution is -2.50. The van der Waals surface area contributed by atoms with Crippen LogP contribution in [-0.2, 0) is 32.2 Å². The Morgan fingerprint density at radius 1 is 0.968 bits per heavy atom. The molecular weight excluding hydrogens is 486 g/mol. The van der Waals surface area contributed by atoms with E-state index in [0.717, 1.165) is 11.1 Å². The van der Waals surface area contributed by atoms with Gasteiger partial charge in [-0.15, -0.1) is 0 Å². The molecule has 1 saturated heterocycles. The molecule has 3 rings (SSSR count). The highest BCUT2D eigenvalue weighted by molar-refractivity contribution is 6.35. The van der Waals surface area contributed by atoms with Crippen molar-refractivity contribution in [1.82, 2.24) is 0 Å². The Bertz CT molecular complexity index is 896. The average Bonchev–Trinajstić information content (AvgIpc) is 3.00. The number of hydrogen-bond donors (Lipinski definition) is 1. The van der Waals surface area contributed by atoms with Crippen molar-refractivity contribution < 1.29 is 24.1 Å². The van der Waals surface area contributed by atoms with Crippen molar-refractivity contribution in [2.75, 3.05) is 13.7 Å². The largest absolute Gasteiger partial charge is 0.382 e. The summed E-state index contributed by atoms with van der Waals surface area (Å²) in [6.07, 6.45) is -1.75. The van der Waals surface area contributed by atoms with Gasteiger partial charge in [-0.2, -0.15) is 0 Å². The Balaban J connectivity index is 1.70. The highest BCUT2D eigenvalue weighted by Crippen LogP contribution is 2.38. The average molecular weight is 510 g/mol. The Labute approximate surface area is 202 Å². The minimum absolute atomic E-state index is 0.167. The Hall–Kier alpha value is -0.600. The van der Waals surface area contributed by atoms with Crippen molar-refractivity contribution in [2.45, 2.75) is 50.7 Å². The van der Waals surface area contributed by atoms with Crippen molar-refractivity contribution >= 4 is 46.4 Å². The Kier molecular flexibility index (Phi) is 8.89. The van der Waals surface area contributed by atoms with Gasteiger partial charge in [0.1, 0.15) is 17.8 Å². The molecule has 0 amide bonds. The van der Waals surface area contributed by atoms with Gasteiger partial charge in [0.15, 0.2) is 6.29 Å². The van der Waals surface area contributed by atoms with Crippen molar-refractivity contribution in [1.29, 1.82) is 0 Å². The van der Waals surface area contributed by atoms with E-state index in [1.165, 1.54) is 7.11 Å². The molecule has 0 unspecified atom stereocenters. The fourth-order valence-corrected chi connectivity index (χ4v) is 4.48. The van der Waals surface area contributed by atoms with Gasteiger partial charge in [-0.1, -0.05) is 65.5 Å². The number of hydrogen-bond acceptors (Lipinski definition) is 5. The van der Waals surface area contributed by atoms with Crippen LogP contribution in [0.5, 0.6) is 0 Å². The standard InChI is InChI=1S/C22H24Cl4O5/c1-3-22(27)20(30-11-14-5-7-16(24)9-18(14)26)19(31-21(22)28-2)12-29-10-13-4-6-15(23)8-17(13)25/h4-9,19-21,27H,3,10-12H2,1-2H3/t19-,20-,21+,22-/m1/s1. The second-order valence-electron chi connectivity index (χ2n) is 7.31. The fraction of sp³-hybridized carbons (Fsp3) is 0.455. The van der Waals surface area contributed by atoms with Crippen LogP contribution in [0, 0.1) is 0 Å². The van der Waals surface area contributed by atoms with Gasteiger partial charge in [-0.05, 0) is 41.8 Å². The summed E-state index contributed by atoms with van der Waals surface area (Å²) in [6, 6.07) is 10.4. The second-order valence-corrected chi connectivity index (χ2v) is 8.99. The molecule has 170 valence electrons. The number of benzene rings is 2. The number of methoxy groups -OCH3 is 1. The third kappa shape index (κ3) is 5.85. The van der Waals surface area contributed by atoms with Gasteiger partial charge in [0.25, 0.3) is 0 Å². The summed E-state index contributed by atoms with van der Waals surface area (Å²) in [4.78, 5) is 0. The zero-order valence-corrected chi connectivity index (χ0v) is 20.1. The summed E-state index contributed by atoms with van der Waals surface area (Å²) >= 11 is 24.4. The molecule has 4 atom stereocenters. The first-order valence-corrected chi connectivity index (χ1v) is 11.3. The van der Waals surface area contributed by atoms with Crippen LogP contribution in [0.4, 0.5) is 0 Å². The van der Waals surface area contributed by atoms with E-state index in [-0.39, 0.29) is 19.8 Å². The lowest BCUT2D eigenvalue weighted by atomic mass is 9.92. The van der Waals surface area contributed by atoms with E-state index in [2.05, 4.69) is 0 Å². The highest BCUT2D eigenvalue weighted by atomic mass is 35.5. The highest BCUT2D eigenvalue weighted by Gasteiger charge is 2.56. The molecule has 2 aromatic carbocycles. The van der Waals surface area contributed by atoms with E-state index in [1.54, 1.807) is 36.4 Å². The Morgan fingerprint density at radius 2 is 1.55 bits per heavy atom. The molecule has 31 heavy (non-hydrogen) atoms. The molecular formula is C22H24Cl4O5. The molecule has 0 saturated carbocycles. The molecule has 0 aromatic heterocycles. The minimum Gasteiger partial charge on any atom is -0.382 e. The number of aliphatic hydroxyl groups is 1. The maximum absolute atomic E-state index is 11.3. The van der Waals surface area contributed by atoms with Crippen LogP contribution in [0.25, 0.3) is 0 Å². The number of halogens is 4. The molecule has 1 N–H and O–H groups in total. The summed E-state index contributed by atoms with van der Waals surface area (Å²) in [5, 5.41) is 13.3. The molecule has 2 aromatic rings. The fourth-order valence-electron chi connectivity index (χ4n) is 3.55. The normalized spacial score (nSPS) is 25.8. The molecule has 0 aliphatic carbocycles. The van der Waals surface area contributed by atoms with Crippen molar-refractivity contribution in [3.8, 4) is 0 Å². The van der Waals surface area contributed by atoms with Crippen LogP contribution in [0.2, 0.25) is 20.1 Å². The van der Waals surface area contributed by atoms with E-state index in [0.29, 0.717) is 26.5 Å². The van der Waals surface area contributed by atoms with Gasteiger partial charge in [0, 0.05) is 27.2 Å². The molecule has 0 radical (unpaired) electrons. The van der Waals surface area contributed by atoms with E-state index in [9.17, 15) is 5.11 Å². The molecule has 0 bridgehead atoms. The van der Waals surface area contributed by atoms with Gasteiger partial charge < -0.3 is 24.1 Å². The van der Waals surface area contributed by atoms with E-state index in [1.807, 2.05) is 6.92 Å². The third-order valence-electron chi connectivity index (χ3n) is 5.31. The van der Waals surface area contributed by atoms with E-state index < -0.39 is 24.1 Å². The summed E-state index contributed by atoms with van der Waals surface area (Å²) < 4.78 is 23.2. The van der Waals surface area contributed by atoms with Gasteiger partial charge in [0.05, 0.1) is 19.8 Å². The molecule has 0 spiro atoms. The maximum atomic E-state index is 11.3. The molecule has 1 fully saturated rings. The first-order valence-electron chi connectivity index (χ1n) is 9.76. The van der Waals surface area contributed by atoms with Crippen LogP contribution >= 0.6 is 46.4 Å². The van der Waals surface area contributed by atoms with Crippen LogP contribution in [0.15, 0.2) is 36.4 Å². The summed E-state index contributed by atoms with van der Waals surface area (Å²) in [5.74, 6) is 0. The van der Waals surface area contributed by atoms with Gasteiger partial charge in [0.2, 0.25) is 0 Å². The number of ether oxygens (including phenoxy) is 4. The first-order chi connectivity index (χ1) is 14.8. The topological polar surface area (TPSA) is 57.2 Å². The zero-order chi connectivity index (χ0) is 22.6. The molecule has 1 aliphatic heterocycles. The minimum atomic E-state index is -1.35. The lowest BCUT2D eigenvalue weighted by Gasteiger charge is -2.32.